The van der Waals surface area contributed by atoms with Gasteiger partial charge in [0, 0.05) is 4.88 Å². The number of nitriles is 2. The van der Waals surface area contributed by atoms with Crippen LogP contribution in [0.3, 0.4) is 0 Å². The van der Waals surface area contributed by atoms with Crippen molar-refractivity contribution in [3.63, 3.8) is 0 Å². The van der Waals surface area contributed by atoms with Crippen LogP contribution < -0.4 is 0 Å². The number of hydrogen-bond acceptors (Lipinski definition) is 5. The molecule has 6 heteroatoms. The van der Waals surface area contributed by atoms with E-state index in [1.165, 1.54) is 11.2 Å². The van der Waals surface area contributed by atoms with E-state index in [9.17, 15) is 0 Å². The number of nitrogens with zero attached hydrogens (tertiary/aromatic N) is 5. The van der Waals surface area contributed by atoms with Crippen molar-refractivity contribution in [1.29, 1.82) is 10.5 Å². The van der Waals surface area contributed by atoms with Gasteiger partial charge in [-0.3, -0.25) is 0 Å². The van der Waals surface area contributed by atoms with E-state index < -0.39 is 0 Å². The van der Waals surface area contributed by atoms with E-state index in [1.807, 2.05) is 26.0 Å². The van der Waals surface area contributed by atoms with Crippen molar-refractivity contribution in [2.45, 2.75) is 20.4 Å². The second-order valence-corrected chi connectivity index (χ2v) is 4.83. The lowest BCUT2D eigenvalue weighted by molar-refractivity contribution is 0.777. The van der Waals surface area contributed by atoms with Crippen LogP contribution >= 0.6 is 11.3 Å². The Morgan fingerprint density at radius 3 is 2.65 bits per heavy atom. The van der Waals surface area contributed by atoms with Gasteiger partial charge in [0.05, 0.1) is 18.6 Å². The summed E-state index contributed by atoms with van der Waals surface area (Å²) < 4.78 is 1.65. The lowest BCUT2D eigenvalue weighted by Gasteiger charge is -1.99. The Kier molecular flexibility index (Phi) is 2.90. The molecular formula is C11H9N5S. The number of rotatable bonds is 2. The molecule has 84 valence electrons. The van der Waals surface area contributed by atoms with Crippen molar-refractivity contribution in [3.05, 3.63) is 33.3 Å². The van der Waals surface area contributed by atoms with Crippen molar-refractivity contribution in [2.24, 2.45) is 0 Å². The zero-order valence-electron chi connectivity index (χ0n) is 9.43. The van der Waals surface area contributed by atoms with Crippen molar-refractivity contribution >= 4 is 11.3 Å². The Morgan fingerprint density at radius 1 is 1.35 bits per heavy atom. The molecule has 0 saturated heterocycles. The summed E-state index contributed by atoms with van der Waals surface area (Å²) in [5.41, 5.74) is 1.46. The van der Waals surface area contributed by atoms with Crippen LogP contribution in [-0.4, -0.2) is 14.5 Å². The molecule has 0 atom stereocenters. The maximum atomic E-state index is 8.98. The number of hydrogen-bond donors (Lipinski definition) is 0. The molecular weight excluding hydrogens is 234 g/mol. The lowest BCUT2D eigenvalue weighted by Crippen LogP contribution is -2.01. The molecule has 0 radical (unpaired) electrons. The average molecular weight is 243 g/mol. The summed E-state index contributed by atoms with van der Waals surface area (Å²) in [5, 5.41) is 18.7. The average Bonchev–Trinajstić information content (AvgIpc) is 2.83. The van der Waals surface area contributed by atoms with Gasteiger partial charge < -0.3 is 4.57 Å². The quantitative estimate of drug-likeness (QED) is 0.804. The van der Waals surface area contributed by atoms with Gasteiger partial charge >= 0.3 is 0 Å². The summed E-state index contributed by atoms with van der Waals surface area (Å²) in [4.78, 5) is 9.45. The van der Waals surface area contributed by atoms with Crippen LogP contribution in [0.15, 0.2) is 6.33 Å². The summed E-state index contributed by atoms with van der Waals surface area (Å²) in [7, 11) is 0. The molecule has 0 bridgehead atoms. The van der Waals surface area contributed by atoms with Crippen LogP contribution in [0.4, 0.5) is 0 Å². The Balaban J connectivity index is 2.34. The second kappa shape index (κ2) is 4.36. The highest BCUT2D eigenvalue weighted by molar-refractivity contribution is 7.11. The Bertz CT molecular complexity index is 618. The van der Waals surface area contributed by atoms with Crippen LogP contribution in [0.2, 0.25) is 0 Å². The van der Waals surface area contributed by atoms with E-state index in [0.29, 0.717) is 6.54 Å². The van der Waals surface area contributed by atoms with Crippen molar-refractivity contribution in [2.75, 3.05) is 0 Å². The number of imidazole rings is 1. The minimum absolute atomic E-state index is 0.164. The standard InChI is InChI=1S/C11H9N5S/c1-7-8(2)17-11(15-7)5-16-6-14-9(3-12)10(16)4-13/h6H,5H2,1-2H3. The highest BCUT2D eigenvalue weighted by atomic mass is 32.1. The molecule has 0 N–H and O–H groups in total. The molecule has 2 aromatic heterocycles. The Labute approximate surface area is 103 Å². The molecule has 0 spiro atoms. The van der Waals surface area contributed by atoms with Gasteiger partial charge in [-0.2, -0.15) is 10.5 Å². The predicted octanol–water partition coefficient (Wildman–Crippen LogP) is 1.75. The summed E-state index contributed by atoms with van der Waals surface area (Å²) in [6.07, 6.45) is 1.50. The van der Waals surface area contributed by atoms with Crippen molar-refractivity contribution in [1.82, 2.24) is 14.5 Å². The fraction of sp³-hybridized carbons (Fsp3) is 0.273. The van der Waals surface area contributed by atoms with Gasteiger partial charge in [0.1, 0.15) is 17.1 Å². The summed E-state index contributed by atoms with van der Waals surface area (Å²) >= 11 is 1.59. The topological polar surface area (TPSA) is 78.3 Å². The monoisotopic (exact) mass is 243 g/mol. The van der Waals surface area contributed by atoms with E-state index in [2.05, 4.69) is 9.97 Å². The smallest absolute Gasteiger partial charge is 0.176 e. The van der Waals surface area contributed by atoms with Crippen molar-refractivity contribution < 1.29 is 0 Å². The third-order valence-electron chi connectivity index (χ3n) is 2.43. The van der Waals surface area contributed by atoms with Gasteiger partial charge in [-0.15, -0.1) is 11.3 Å². The van der Waals surface area contributed by atoms with Crippen LogP contribution in [0.25, 0.3) is 0 Å². The molecule has 0 aliphatic carbocycles. The first-order valence-corrected chi connectivity index (χ1v) is 5.75. The van der Waals surface area contributed by atoms with E-state index in [4.69, 9.17) is 10.5 Å². The molecule has 0 unspecified atom stereocenters. The van der Waals surface area contributed by atoms with Gasteiger partial charge in [-0.25, -0.2) is 9.97 Å². The van der Waals surface area contributed by atoms with E-state index in [1.54, 1.807) is 15.9 Å². The first-order valence-electron chi connectivity index (χ1n) is 4.94. The normalized spacial score (nSPS) is 9.88. The van der Waals surface area contributed by atoms with Gasteiger partial charge in [-0.05, 0) is 13.8 Å². The molecule has 0 amide bonds. The van der Waals surface area contributed by atoms with Gasteiger partial charge in [-0.1, -0.05) is 0 Å². The molecule has 0 aromatic carbocycles. The minimum atomic E-state index is 0.164. The van der Waals surface area contributed by atoms with Crippen LogP contribution in [0.1, 0.15) is 27.0 Å². The number of aromatic nitrogens is 3. The molecule has 17 heavy (non-hydrogen) atoms. The third kappa shape index (κ3) is 2.03. The molecule has 5 nitrogen and oxygen atoms in total. The molecule has 0 fully saturated rings. The zero-order valence-corrected chi connectivity index (χ0v) is 10.2. The van der Waals surface area contributed by atoms with E-state index in [-0.39, 0.29) is 11.4 Å². The summed E-state index contributed by atoms with van der Waals surface area (Å²) in [6, 6.07) is 3.89. The fourth-order valence-electron chi connectivity index (χ4n) is 1.45. The third-order valence-corrected chi connectivity index (χ3v) is 3.49. The number of aryl methyl sites for hydroxylation is 2. The lowest BCUT2D eigenvalue weighted by atomic mass is 10.3. The maximum absolute atomic E-state index is 8.98. The molecule has 2 rings (SSSR count). The largest absolute Gasteiger partial charge is 0.314 e. The summed E-state index contributed by atoms with van der Waals surface area (Å²) in [6.45, 7) is 4.45. The first-order chi connectivity index (χ1) is 8.15. The van der Waals surface area contributed by atoms with Crippen molar-refractivity contribution in [3.8, 4) is 12.1 Å². The molecule has 2 heterocycles. The van der Waals surface area contributed by atoms with Gasteiger partial charge in [0.2, 0.25) is 0 Å². The number of thiazole rings is 1. The van der Waals surface area contributed by atoms with Gasteiger partial charge in [0.25, 0.3) is 0 Å². The van der Waals surface area contributed by atoms with Crippen LogP contribution in [0.5, 0.6) is 0 Å². The second-order valence-electron chi connectivity index (χ2n) is 3.54. The molecule has 0 aliphatic rings. The van der Waals surface area contributed by atoms with E-state index >= 15 is 0 Å². The predicted molar refractivity (Wildman–Crippen MR) is 62.3 cm³/mol. The highest BCUT2D eigenvalue weighted by Crippen LogP contribution is 2.18. The first kappa shape index (κ1) is 11.3. The maximum Gasteiger partial charge on any atom is 0.176 e. The zero-order chi connectivity index (χ0) is 12.4. The minimum Gasteiger partial charge on any atom is -0.314 e. The molecule has 0 saturated carbocycles. The SMILES string of the molecule is Cc1nc(Cn2cnc(C#N)c2C#N)sc1C. The highest BCUT2D eigenvalue weighted by Gasteiger charge is 2.12. The molecule has 0 aliphatic heterocycles. The summed E-state index contributed by atoms with van der Waals surface area (Å²) in [5.74, 6) is 0. The fourth-order valence-corrected chi connectivity index (χ4v) is 2.39. The van der Waals surface area contributed by atoms with E-state index in [0.717, 1.165) is 10.7 Å². The van der Waals surface area contributed by atoms with Crippen LogP contribution in [0, 0.1) is 36.5 Å². The Hall–Kier alpha value is -2.18. The van der Waals surface area contributed by atoms with Crippen LogP contribution in [-0.2, 0) is 6.54 Å². The molecule has 2 aromatic rings. The Morgan fingerprint density at radius 2 is 2.12 bits per heavy atom. The van der Waals surface area contributed by atoms with Gasteiger partial charge in [0.15, 0.2) is 11.4 Å².